The van der Waals surface area contributed by atoms with E-state index >= 15 is 0 Å². The average Bonchev–Trinajstić information content (AvgIpc) is 2.31. The van der Waals surface area contributed by atoms with Gasteiger partial charge >= 0.3 is 0 Å². The fraction of sp³-hybridized carbons (Fsp3) is 0.500. The van der Waals surface area contributed by atoms with Crippen LogP contribution in [0, 0.1) is 5.92 Å². The molecule has 88 valence electrons. The molecule has 16 heavy (non-hydrogen) atoms. The molecule has 2 atom stereocenters. The third-order valence-corrected chi connectivity index (χ3v) is 2.80. The molecular formula is C14H20O2. The minimum absolute atomic E-state index is 0.0650. The Balaban J connectivity index is 2.79. The Bertz CT molecular complexity index is 319. The van der Waals surface area contributed by atoms with Gasteiger partial charge in [-0.3, -0.25) is 4.79 Å². The van der Waals surface area contributed by atoms with Gasteiger partial charge in [-0.2, -0.15) is 0 Å². The number of rotatable bonds is 6. The molecule has 0 N–H and O–H groups in total. The van der Waals surface area contributed by atoms with E-state index in [2.05, 4.69) is 6.92 Å². The van der Waals surface area contributed by atoms with Gasteiger partial charge in [-0.1, -0.05) is 50.6 Å². The summed E-state index contributed by atoms with van der Waals surface area (Å²) in [6.45, 7) is 4.06. The number of methoxy groups -OCH3 is 1. The average molecular weight is 220 g/mol. The number of ketones is 1. The summed E-state index contributed by atoms with van der Waals surface area (Å²) in [6, 6.07) is 9.67. The second-order valence-corrected chi connectivity index (χ2v) is 4.12. The minimum Gasteiger partial charge on any atom is -0.369 e. The van der Waals surface area contributed by atoms with Gasteiger partial charge in [0, 0.05) is 13.0 Å². The summed E-state index contributed by atoms with van der Waals surface area (Å²) in [5.74, 6) is 0.241. The van der Waals surface area contributed by atoms with E-state index in [1.165, 1.54) is 0 Å². The highest BCUT2D eigenvalue weighted by Crippen LogP contribution is 2.23. The van der Waals surface area contributed by atoms with E-state index in [1.807, 2.05) is 37.3 Å². The van der Waals surface area contributed by atoms with Crippen molar-refractivity contribution in [1.82, 2.24) is 0 Å². The maximum atomic E-state index is 12.1. The van der Waals surface area contributed by atoms with Gasteiger partial charge in [0.1, 0.15) is 6.10 Å². The highest BCUT2D eigenvalue weighted by molar-refractivity contribution is 5.86. The lowest BCUT2D eigenvalue weighted by Gasteiger charge is -2.18. The predicted molar refractivity (Wildman–Crippen MR) is 65.3 cm³/mol. The van der Waals surface area contributed by atoms with Gasteiger partial charge in [0.05, 0.1) is 0 Å². The van der Waals surface area contributed by atoms with Crippen molar-refractivity contribution < 1.29 is 9.53 Å². The molecule has 0 aliphatic heterocycles. The standard InChI is InChI=1S/C14H20O2/c1-4-8-11(2)13(15)14(16-3)12-9-6-5-7-10-12/h5-7,9-11,14H,4,8H2,1-3H3. The number of hydrogen-bond donors (Lipinski definition) is 0. The smallest absolute Gasteiger partial charge is 0.168 e. The molecule has 0 fully saturated rings. The van der Waals surface area contributed by atoms with E-state index in [-0.39, 0.29) is 11.7 Å². The number of carbonyl (C=O) groups is 1. The van der Waals surface area contributed by atoms with Gasteiger partial charge in [-0.05, 0) is 12.0 Å². The molecule has 0 aromatic heterocycles. The van der Waals surface area contributed by atoms with Crippen molar-refractivity contribution in [2.45, 2.75) is 32.8 Å². The molecule has 0 aliphatic carbocycles. The SMILES string of the molecule is CCCC(C)C(=O)C(OC)c1ccccc1. The highest BCUT2D eigenvalue weighted by atomic mass is 16.5. The molecule has 0 aliphatic rings. The maximum Gasteiger partial charge on any atom is 0.168 e. The molecule has 2 unspecified atom stereocenters. The number of Topliss-reactive ketones (excluding diaryl/α,β-unsaturated/α-hetero) is 1. The Hall–Kier alpha value is -1.15. The number of carbonyl (C=O) groups excluding carboxylic acids is 1. The first-order valence-electron chi connectivity index (χ1n) is 5.82. The van der Waals surface area contributed by atoms with Gasteiger partial charge in [0.25, 0.3) is 0 Å². The van der Waals surface area contributed by atoms with Gasteiger partial charge in [0.2, 0.25) is 0 Å². The number of benzene rings is 1. The Morgan fingerprint density at radius 1 is 1.31 bits per heavy atom. The highest BCUT2D eigenvalue weighted by Gasteiger charge is 2.24. The maximum absolute atomic E-state index is 12.1. The lowest BCUT2D eigenvalue weighted by atomic mass is 9.93. The Morgan fingerprint density at radius 2 is 1.94 bits per heavy atom. The van der Waals surface area contributed by atoms with Crippen LogP contribution in [0.2, 0.25) is 0 Å². The third-order valence-electron chi connectivity index (χ3n) is 2.80. The Kier molecular flexibility index (Phi) is 5.20. The lowest BCUT2D eigenvalue weighted by molar-refractivity contribution is -0.133. The largest absolute Gasteiger partial charge is 0.369 e. The quantitative estimate of drug-likeness (QED) is 0.734. The molecule has 0 heterocycles. The van der Waals surface area contributed by atoms with Gasteiger partial charge in [-0.15, -0.1) is 0 Å². The van der Waals surface area contributed by atoms with Crippen molar-refractivity contribution >= 4 is 5.78 Å². The Morgan fingerprint density at radius 3 is 2.44 bits per heavy atom. The first kappa shape index (κ1) is 12.9. The molecule has 1 aromatic rings. The normalized spacial score (nSPS) is 14.4. The zero-order valence-corrected chi connectivity index (χ0v) is 10.3. The van der Waals surface area contributed by atoms with Crippen LogP contribution in [-0.2, 0) is 9.53 Å². The Labute approximate surface area is 97.6 Å². The van der Waals surface area contributed by atoms with Crippen LogP contribution in [-0.4, -0.2) is 12.9 Å². The van der Waals surface area contributed by atoms with Crippen LogP contribution < -0.4 is 0 Å². The van der Waals surface area contributed by atoms with E-state index in [9.17, 15) is 4.79 Å². The minimum atomic E-state index is -0.414. The molecule has 0 saturated heterocycles. The van der Waals surface area contributed by atoms with Crippen LogP contribution >= 0.6 is 0 Å². The van der Waals surface area contributed by atoms with Crippen LogP contribution in [0.15, 0.2) is 30.3 Å². The van der Waals surface area contributed by atoms with Crippen molar-refractivity contribution in [3.63, 3.8) is 0 Å². The number of hydrogen-bond acceptors (Lipinski definition) is 2. The summed E-state index contributed by atoms with van der Waals surface area (Å²) in [7, 11) is 1.59. The van der Waals surface area contributed by atoms with E-state index in [1.54, 1.807) is 7.11 Å². The molecule has 0 amide bonds. The van der Waals surface area contributed by atoms with E-state index < -0.39 is 6.10 Å². The summed E-state index contributed by atoms with van der Waals surface area (Å²) < 4.78 is 5.32. The summed E-state index contributed by atoms with van der Waals surface area (Å²) >= 11 is 0. The lowest BCUT2D eigenvalue weighted by Crippen LogP contribution is -2.21. The zero-order chi connectivity index (χ0) is 12.0. The van der Waals surface area contributed by atoms with Crippen LogP contribution in [0.5, 0.6) is 0 Å². The van der Waals surface area contributed by atoms with Gasteiger partial charge in [-0.25, -0.2) is 0 Å². The molecule has 0 bridgehead atoms. The van der Waals surface area contributed by atoms with Gasteiger partial charge in [0.15, 0.2) is 5.78 Å². The van der Waals surface area contributed by atoms with E-state index in [0.717, 1.165) is 18.4 Å². The van der Waals surface area contributed by atoms with Crippen LogP contribution in [0.3, 0.4) is 0 Å². The zero-order valence-electron chi connectivity index (χ0n) is 10.3. The predicted octanol–water partition coefficient (Wildman–Crippen LogP) is 3.38. The molecule has 2 nitrogen and oxygen atoms in total. The molecule has 0 spiro atoms. The van der Waals surface area contributed by atoms with Crippen LogP contribution in [0.4, 0.5) is 0 Å². The van der Waals surface area contributed by atoms with E-state index in [0.29, 0.717) is 0 Å². The van der Waals surface area contributed by atoms with Crippen LogP contribution in [0.25, 0.3) is 0 Å². The summed E-state index contributed by atoms with van der Waals surface area (Å²) in [5.41, 5.74) is 0.943. The first-order chi connectivity index (χ1) is 7.70. The van der Waals surface area contributed by atoms with Gasteiger partial charge < -0.3 is 4.74 Å². The second-order valence-electron chi connectivity index (χ2n) is 4.12. The van der Waals surface area contributed by atoms with Crippen LogP contribution in [0.1, 0.15) is 38.4 Å². The van der Waals surface area contributed by atoms with Crippen molar-refractivity contribution in [3.05, 3.63) is 35.9 Å². The fourth-order valence-electron chi connectivity index (χ4n) is 1.88. The molecular weight excluding hydrogens is 200 g/mol. The second kappa shape index (κ2) is 6.44. The summed E-state index contributed by atoms with van der Waals surface area (Å²) in [5, 5.41) is 0. The molecule has 1 rings (SSSR count). The summed E-state index contributed by atoms with van der Waals surface area (Å²) in [4.78, 5) is 12.1. The summed E-state index contributed by atoms with van der Waals surface area (Å²) in [6.07, 6.45) is 1.53. The molecule has 1 aromatic carbocycles. The molecule has 0 radical (unpaired) electrons. The van der Waals surface area contributed by atoms with Crippen molar-refractivity contribution in [2.75, 3.05) is 7.11 Å². The molecule has 0 saturated carbocycles. The topological polar surface area (TPSA) is 26.3 Å². The van der Waals surface area contributed by atoms with E-state index in [4.69, 9.17) is 4.74 Å². The van der Waals surface area contributed by atoms with Crippen molar-refractivity contribution in [1.29, 1.82) is 0 Å². The molecule has 2 heteroatoms. The van der Waals surface area contributed by atoms with Crippen molar-refractivity contribution in [2.24, 2.45) is 5.92 Å². The fourth-order valence-corrected chi connectivity index (χ4v) is 1.88. The first-order valence-corrected chi connectivity index (χ1v) is 5.82. The third kappa shape index (κ3) is 3.17. The monoisotopic (exact) mass is 220 g/mol. The number of ether oxygens (including phenoxy) is 1. The van der Waals surface area contributed by atoms with Crippen molar-refractivity contribution in [3.8, 4) is 0 Å².